The third-order valence-electron chi connectivity index (χ3n) is 3.83. The lowest BCUT2D eigenvalue weighted by atomic mass is 9.99. The molecule has 0 aliphatic heterocycles. The molecule has 0 aromatic carbocycles. The smallest absolute Gasteiger partial charge is 0.0915 e. The monoisotopic (exact) mass is 234 g/mol. The summed E-state index contributed by atoms with van der Waals surface area (Å²) in [5.41, 5.74) is 0.936. The summed E-state index contributed by atoms with van der Waals surface area (Å²) in [5.74, 6) is 0.791. The van der Waals surface area contributed by atoms with Gasteiger partial charge in [-0.2, -0.15) is 0 Å². The van der Waals surface area contributed by atoms with Crippen molar-refractivity contribution in [2.45, 2.75) is 44.8 Å². The number of hydrogen-bond donors (Lipinski definition) is 2. The van der Waals surface area contributed by atoms with Crippen molar-refractivity contribution in [3.63, 3.8) is 0 Å². The number of hydrogen-bond acceptors (Lipinski definition) is 3. The molecule has 94 valence electrons. The number of rotatable bonds is 5. The van der Waals surface area contributed by atoms with Crippen LogP contribution >= 0.6 is 0 Å². The van der Waals surface area contributed by atoms with Gasteiger partial charge in [-0.25, -0.2) is 0 Å². The Hall–Kier alpha value is -0.930. The van der Waals surface area contributed by atoms with Gasteiger partial charge in [-0.05, 0) is 43.4 Å². The van der Waals surface area contributed by atoms with Crippen molar-refractivity contribution in [3.05, 3.63) is 30.1 Å². The summed E-state index contributed by atoms with van der Waals surface area (Å²) in [6, 6.07) is 4.24. The zero-order valence-electron chi connectivity index (χ0n) is 10.5. The SMILES string of the molecule is CC(NCC(O)c1ccncc1)C1CCCC1. The summed E-state index contributed by atoms with van der Waals surface area (Å²) in [6.07, 6.45) is 8.41. The van der Waals surface area contributed by atoms with Gasteiger partial charge in [0.1, 0.15) is 0 Å². The van der Waals surface area contributed by atoms with Crippen molar-refractivity contribution in [3.8, 4) is 0 Å². The first-order valence-corrected chi connectivity index (χ1v) is 6.58. The van der Waals surface area contributed by atoms with E-state index in [4.69, 9.17) is 0 Å². The number of nitrogens with one attached hydrogen (secondary N) is 1. The summed E-state index contributed by atoms with van der Waals surface area (Å²) in [5, 5.41) is 13.5. The lowest BCUT2D eigenvalue weighted by molar-refractivity contribution is 0.165. The summed E-state index contributed by atoms with van der Waals surface area (Å²) in [7, 11) is 0. The molecule has 17 heavy (non-hydrogen) atoms. The molecule has 0 amide bonds. The molecule has 2 N–H and O–H groups in total. The van der Waals surface area contributed by atoms with Crippen LogP contribution in [0.4, 0.5) is 0 Å². The van der Waals surface area contributed by atoms with E-state index in [0.29, 0.717) is 12.6 Å². The van der Waals surface area contributed by atoms with Gasteiger partial charge in [0.25, 0.3) is 0 Å². The fourth-order valence-electron chi connectivity index (χ4n) is 2.63. The second-order valence-corrected chi connectivity index (χ2v) is 5.04. The number of pyridine rings is 1. The van der Waals surface area contributed by atoms with E-state index in [1.165, 1.54) is 25.7 Å². The molecule has 1 aromatic rings. The Morgan fingerprint density at radius 2 is 2.00 bits per heavy atom. The molecule has 3 heteroatoms. The molecule has 3 nitrogen and oxygen atoms in total. The first-order chi connectivity index (χ1) is 8.27. The Bertz CT molecular complexity index is 322. The molecular weight excluding hydrogens is 212 g/mol. The van der Waals surface area contributed by atoms with E-state index < -0.39 is 6.10 Å². The van der Waals surface area contributed by atoms with E-state index in [-0.39, 0.29) is 0 Å². The highest BCUT2D eigenvalue weighted by Crippen LogP contribution is 2.27. The molecule has 0 spiro atoms. The minimum absolute atomic E-state index is 0.429. The maximum Gasteiger partial charge on any atom is 0.0915 e. The van der Waals surface area contributed by atoms with E-state index in [2.05, 4.69) is 17.2 Å². The Labute approximate surface area is 103 Å². The highest BCUT2D eigenvalue weighted by Gasteiger charge is 2.21. The molecule has 1 aliphatic rings. The van der Waals surface area contributed by atoms with E-state index in [1.807, 2.05) is 12.1 Å². The predicted molar refractivity (Wildman–Crippen MR) is 68.6 cm³/mol. The van der Waals surface area contributed by atoms with Gasteiger partial charge >= 0.3 is 0 Å². The normalized spacial score (nSPS) is 20.4. The second kappa shape index (κ2) is 6.12. The van der Waals surface area contributed by atoms with Crippen molar-refractivity contribution in [2.24, 2.45) is 5.92 Å². The van der Waals surface area contributed by atoms with Crippen LogP contribution in [0.3, 0.4) is 0 Å². The summed E-state index contributed by atoms with van der Waals surface area (Å²) < 4.78 is 0. The van der Waals surface area contributed by atoms with Crippen LogP contribution in [0.25, 0.3) is 0 Å². The number of nitrogens with zero attached hydrogens (tertiary/aromatic N) is 1. The van der Waals surface area contributed by atoms with E-state index >= 15 is 0 Å². The van der Waals surface area contributed by atoms with Gasteiger partial charge in [-0.1, -0.05) is 12.8 Å². The second-order valence-electron chi connectivity index (χ2n) is 5.04. The first-order valence-electron chi connectivity index (χ1n) is 6.58. The molecule has 0 saturated heterocycles. The van der Waals surface area contributed by atoms with Crippen LogP contribution in [0.1, 0.15) is 44.3 Å². The molecule has 2 atom stereocenters. The maximum atomic E-state index is 10.0. The third-order valence-corrected chi connectivity index (χ3v) is 3.83. The molecule has 0 radical (unpaired) electrons. The molecular formula is C14H22N2O. The highest BCUT2D eigenvalue weighted by atomic mass is 16.3. The minimum Gasteiger partial charge on any atom is -0.387 e. The molecule has 1 saturated carbocycles. The predicted octanol–water partition coefficient (Wildman–Crippen LogP) is 2.28. The van der Waals surface area contributed by atoms with Gasteiger partial charge < -0.3 is 10.4 Å². The first kappa shape index (κ1) is 12.5. The van der Waals surface area contributed by atoms with Gasteiger partial charge in [-0.3, -0.25) is 4.98 Å². The van der Waals surface area contributed by atoms with Crippen molar-refractivity contribution in [1.82, 2.24) is 10.3 Å². The molecule has 0 bridgehead atoms. The number of aliphatic hydroxyl groups excluding tert-OH is 1. The quantitative estimate of drug-likeness (QED) is 0.821. The minimum atomic E-state index is -0.429. The molecule has 2 rings (SSSR count). The van der Waals surface area contributed by atoms with E-state index in [0.717, 1.165) is 11.5 Å². The van der Waals surface area contributed by atoms with Gasteiger partial charge in [0.05, 0.1) is 6.10 Å². The highest BCUT2D eigenvalue weighted by molar-refractivity contribution is 5.13. The number of aromatic nitrogens is 1. The molecule has 1 aliphatic carbocycles. The Balaban J connectivity index is 1.77. The van der Waals surface area contributed by atoms with Crippen molar-refractivity contribution < 1.29 is 5.11 Å². The molecule has 2 unspecified atom stereocenters. The van der Waals surface area contributed by atoms with Gasteiger partial charge in [-0.15, -0.1) is 0 Å². The van der Waals surface area contributed by atoms with Crippen molar-refractivity contribution in [1.29, 1.82) is 0 Å². The van der Waals surface area contributed by atoms with Crippen LogP contribution in [-0.4, -0.2) is 22.7 Å². The number of aliphatic hydroxyl groups is 1. The topological polar surface area (TPSA) is 45.1 Å². The van der Waals surface area contributed by atoms with Gasteiger partial charge in [0.15, 0.2) is 0 Å². The van der Waals surface area contributed by atoms with Crippen LogP contribution in [0, 0.1) is 5.92 Å². The Morgan fingerprint density at radius 3 is 2.65 bits per heavy atom. The standard InChI is InChI=1S/C14H22N2O/c1-11(12-4-2-3-5-12)16-10-14(17)13-6-8-15-9-7-13/h6-9,11-12,14,16-17H,2-5,10H2,1H3. The Kier molecular flexibility index (Phi) is 4.51. The van der Waals surface area contributed by atoms with E-state index in [9.17, 15) is 5.11 Å². The summed E-state index contributed by atoms with van der Waals surface area (Å²) in [6.45, 7) is 2.86. The largest absolute Gasteiger partial charge is 0.387 e. The zero-order chi connectivity index (χ0) is 12.1. The Morgan fingerprint density at radius 1 is 1.35 bits per heavy atom. The average Bonchev–Trinajstić information content (AvgIpc) is 2.90. The molecule has 1 aromatic heterocycles. The molecule has 1 heterocycles. The summed E-state index contributed by atoms with van der Waals surface area (Å²) >= 11 is 0. The van der Waals surface area contributed by atoms with Crippen LogP contribution in [0.2, 0.25) is 0 Å². The molecule has 1 fully saturated rings. The lowest BCUT2D eigenvalue weighted by Gasteiger charge is -2.22. The fraction of sp³-hybridized carbons (Fsp3) is 0.643. The fourth-order valence-corrected chi connectivity index (χ4v) is 2.63. The van der Waals surface area contributed by atoms with Crippen molar-refractivity contribution >= 4 is 0 Å². The van der Waals surface area contributed by atoms with Crippen LogP contribution in [0.5, 0.6) is 0 Å². The third kappa shape index (κ3) is 3.51. The lowest BCUT2D eigenvalue weighted by Crippen LogP contribution is -2.35. The van der Waals surface area contributed by atoms with Gasteiger partial charge in [0.2, 0.25) is 0 Å². The van der Waals surface area contributed by atoms with Gasteiger partial charge in [0, 0.05) is 25.0 Å². The average molecular weight is 234 g/mol. The van der Waals surface area contributed by atoms with E-state index in [1.54, 1.807) is 12.4 Å². The van der Waals surface area contributed by atoms with Crippen molar-refractivity contribution in [2.75, 3.05) is 6.54 Å². The maximum absolute atomic E-state index is 10.0. The summed E-state index contributed by atoms with van der Waals surface area (Å²) in [4.78, 5) is 3.95. The zero-order valence-corrected chi connectivity index (χ0v) is 10.5. The van der Waals surface area contributed by atoms with Crippen LogP contribution in [0.15, 0.2) is 24.5 Å². The van der Waals surface area contributed by atoms with Crippen LogP contribution in [-0.2, 0) is 0 Å². The van der Waals surface area contributed by atoms with Crippen LogP contribution < -0.4 is 5.32 Å².